The summed E-state index contributed by atoms with van der Waals surface area (Å²) in [6, 6.07) is 5.18. The van der Waals surface area contributed by atoms with E-state index in [1.54, 1.807) is 25.3 Å². The molecule has 1 fully saturated rings. The average molecular weight is 392 g/mol. The highest BCUT2D eigenvalue weighted by atomic mass is 16.5. The van der Waals surface area contributed by atoms with Gasteiger partial charge in [0.25, 0.3) is 5.91 Å². The lowest BCUT2D eigenvalue weighted by Gasteiger charge is -2.20. The van der Waals surface area contributed by atoms with Gasteiger partial charge in [-0.3, -0.25) is 14.4 Å². The molecule has 1 aliphatic heterocycles. The summed E-state index contributed by atoms with van der Waals surface area (Å²) in [7, 11) is 3.05. The minimum Gasteiger partial charge on any atom is -0.497 e. The zero-order chi connectivity index (χ0) is 20.7. The van der Waals surface area contributed by atoms with Gasteiger partial charge in [-0.25, -0.2) is 0 Å². The van der Waals surface area contributed by atoms with Crippen LogP contribution in [0.25, 0.3) is 0 Å². The van der Waals surface area contributed by atoms with Crippen molar-refractivity contribution in [3.63, 3.8) is 0 Å². The minimum atomic E-state index is -0.625. The van der Waals surface area contributed by atoms with Crippen molar-refractivity contribution in [1.29, 1.82) is 0 Å². The monoisotopic (exact) mass is 392 g/mol. The Morgan fingerprint density at radius 1 is 1.21 bits per heavy atom. The largest absolute Gasteiger partial charge is 0.497 e. The third-order valence-corrected chi connectivity index (χ3v) is 4.83. The lowest BCUT2D eigenvalue weighted by atomic mass is 10.1. The summed E-state index contributed by atoms with van der Waals surface area (Å²) in [6.07, 6.45) is 1.65. The number of methoxy groups -OCH3 is 2. The topological polar surface area (TPSA) is 94.2 Å². The van der Waals surface area contributed by atoms with Gasteiger partial charge in [0, 0.05) is 25.1 Å². The van der Waals surface area contributed by atoms with Crippen LogP contribution in [0.4, 0.5) is 5.69 Å². The van der Waals surface area contributed by atoms with E-state index in [0.29, 0.717) is 17.2 Å². The fourth-order valence-electron chi connectivity index (χ4n) is 3.12. The molecular weight excluding hydrogens is 364 g/mol. The molecule has 8 nitrogen and oxygen atoms in total. The number of esters is 1. The average Bonchev–Trinajstić information content (AvgIpc) is 3.11. The molecule has 28 heavy (non-hydrogen) atoms. The molecule has 0 radical (unpaired) electrons. The number of nitrogens with one attached hydrogen (secondary N) is 1. The maximum atomic E-state index is 12.4. The first-order valence-corrected chi connectivity index (χ1v) is 9.41. The summed E-state index contributed by atoms with van der Waals surface area (Å²) in [6.45, 7) is 3.79. The Hall–Kier alpha value is -2.77. The van der Waals surface area contributed by atoms with Crippen LogP contribution in [0.2, 0.25) is 0 Å². The van der Waals surface area contributed by atoms with Gasteiger partial charge in [0.1, 0.15) is 11.5 Å². The van der Waals surface area contributed by atoms with Crippen molar-refractivity contribution in [3.8, 4) is 11.5 Å². The van der Waals surface area contributed by atoms with E-state index in [-0.39, 0.29) is 37.4 Å². The van der Waals surface area contributed by atoms with Crippen molar-refractivity contribution in [2.75, 3.05) is 32.3 Å². The van der Waals surface area contributed by atoms with Crippen LogP contribution in [-0.2, 0) is 19.1 Å². The standard InChI is InChI=1S/C20H28N2O6/c1-5-14(6-2)21-18(23)12-28-20(25)13-9-19(24)22(11-13)16-8-7-15(26-3)10-17(16)27-4/h7-8,10,13-14H,5-6,9,11-12H2,1-4H3,(H,21,23)/t13-/m1/s1. The highest BCUT2D eigenvalue weighted by molar-refractivity contribution is 6.00. The van der Waals surface area contributed by atoms with E-state index >= 15 is 0 Å². The number of carbonyl (C=O) groups excluding carboxylic acids is 3. The highest BCUT2D eigenvalue weighted by Gasteiger charge is 2.37. The van der Waals surface area contributed by atoms with Gasteiger partial charge in [0.2, 0.25) is 5.91 Å². The molecule has 0 aromatic heterocycles. The van der Waals surface area contributed by atoms with Crippen LogP contribution >= 0.6 is 0 Å². The van der Waals surface area contributed by atoms with Gasteiger partial charge in [-0.05, 0) is 25.0 Å². The second-order valence-corrected chi connectivity index (χ2v) is 6.63. The van der Waals surface area contributed by atoms with E-state index in [1.165, 1.54) is 12.0 Å². The zero-order valence-electron chi connectivity index (χ0n) is 16.8. The Labute approximate surface area is 165 Å². The molecule has 0 unspecified atom stereocenters. The Balaban J connectivity index is 1.97. The number of nitrogens with zero attached hydrogens (tertiary/aromatic N) is 1. The van der Waals surface area contributed by atoms with Crippen LogP contribution in [0.5, 0.6) is 11.5 Å². The van der Waals surface area contributed by atoms with E-state index < -0.39 is 11.9 Å². The molecule has 1 aliphatic rings. The summed E-state index contributed by atoms with van der Waals surface area (Å²) in [4.78, 5) is 38.1. The maximum Gasteiger partial charge on any atom is 0.311 e. The quantitative estimate of drug-likeness (QED) is 0.645. The van der Waals surface area contributed by atoms with Crippen LogP contribution in [0.15, 0.2) is 18.2 Å². The minimum absolute atomic E-state index is 0.0299. The molecule has 2 amide bonds. The van der Waals surface area contributed by atoms with Crippen LogP contribution < -0.4 is 19.7 Å². The molecule has 0 spiro atoms. The van der Waals surface area contributed by atoms with Crippen molar-refractivity contribution in [2.45, 2.75) is 39.2 Å². The Morgan fingerprint density at radius 3 is 2.54 bits per heavy atom. The molecule has 1 aromatic rings. The SMILES string of the molecule is CCC(CC)NC(=O)COC(=O)[C@@H]1CC(=O)N(c2ccc(OC)cc2OC)C1. The second-order valence-electron chi connectivity index (χ2n) is 6.63. The van der Waals surface area contributed by atoms with E-state index in [2.05, 4.69) is 5.32 Å². The summed E-state index contributed by atoms with van der Waals surface area (Å²) in [5, 5.41) is 2.81. The number of hydrogen-bond acceptors (Lipinski definition) is 6. The van der Waals surface area contributed by atoms with E-state index in [4.69, 9.17) is 14.2 Å². The first kappa shape index (κ1) is 21.5. The van der Waals surface area contributed by atoms with Crippen LogP contribution in [0, 0.1) is 5.92 Å². The number of carbonyl (C=O) groups is 3. The lowest BCUT2D eigenvalue weighted by molar-refractivity contribution is -0.152. The molecular formula is C20H28N2O6. The Morgan fingerprint density at radius 2 is 1.93 bits per heavy atom. The zero-order valence-corrected chi connectivity index (χ0v) is 16.8. The molecule has 1 N–H and O–H groups in total. The van der Waals surface area contributed by atoms with E-state index in [9.17, 15) is 14.4 Å². The van der Waals surface area contributed by atoms with Crippen molar-refractivity contribution in [2.24, 2.45) is 5.92 Å². The third-order valence-electron chi connectivity index (χ3n) is 4.83. The summed E-state index contributed by atoms with van der Waals surface area (Å²) < 4.78 is 15.6. The number of ether oxygens (including phenoxy) is 3. The van der Waals surface area contributed by atoms with Gasteiger partial charge in [0.15, 0.2) is 6.61 Å². The van der Waals surface area contributed by atoms with E-state index in [0.717, 1.165) is 12.8 Å². The fraction of sp³-hybridized carbons (Fsp3) is 0.550. The number of hydrogen-bond donors (Lipinski definition) is 1. The molecule has 1 saturated heterocycles. The maximum absolute atomic E-state index is 12.4. The van der Waals surface area contributed by atoms with Gasteiger partial charge < -0.3 is 24.4 Å². The molecule has 0 bridgehead atoms. The molecule has 0 saturated carbocycles. The molecule has 1 heterocycles. The van der Waals surface area contributed by atoms with Crippen molar-refractivity contribution in [1.82, 2.24) is 5.32 Å². The molecule has 8 heteroatoms. The molecule has 2 rings (SSSR count). The van der Waals surface area contributed by atoms with E-state index in [1.807, 2.05) is 13.8 Å². The molecule has 1 atom stereocenters. The normalized spacial score (nSPS) is 16.2. The van der Waals surface area contributed by atoms with Crippen LogP contribution in [0.3, 0.4) is 0 Å². The molecule has 154 valence electrons. The summed E-state index contributed by atoms with van der Waals surface area (Å²) in [5.41, 5.74) is 0.565. The number of rotatable bonds is 9. The van der Waals surface area contributed by atoms with Crippen LogP contribution in [-0.4, -0.2) is 51.2 Å². The fourth-order valence-corrected chi connectivity index (χ4v) is 3.12. The van der Waals surface area contributed by atoms with Crippen LogP contribution in [0.1, 0.15) is 33.1 Å². The second kappa shape index (κ2) is 9.96. The summed E-state index contributed by atoms with van der Waals surface area (Å²) >= 11 is 0. The van der Waals surface area contributed by atoms with Gasteiger partial charge in [-0.1, -0.05) is 13.8 Å². The van der Waals surface area contributed by atoms with Crippen molar-refractivity contribution in [3.05, 3.63) is 18.2 Å². The van der Waals surface area contributed by atoms with Gasteiger partial charge in [-0.15, -0.1) is 0 Å². The third kappa shape index (κ3) is 5.15. The van der Waals surface area contributed by atoms with Gasteiger partial charge in [-0.2, -0.15) is 0 Å². The van der Waals surface area contributed by atoms with Gasteiger partial charge >= 0.3 is 5.97 Å². The number of amides is 2. The molecule has 0 aliphatic carbocycles. The molecule has 1 aromatic carbocycles. The van der Waals surface area contributed by atoms with Crippen molar-refractivity contribution >= 4 is 23.5 Å². The Bertz CT molecular complexity index is 717. The van der Waals surface area contributed by atoms with Gasteiger partial charge in [0.05, 0.1) is 25.8 Å². The first-order valence-electron chi connectivity index (χ1n) is 9.41. The lowest BCUT2D eigenvalue weighted by Crippen LogP contribution is -2.37. The predicted molar refractivity (Wildman–Crippen MR) is 103 cm³/mol. The highest BCUT2D eigenvalue weighted by Crippen LogP contribution is 2.35. The smallest absolute Gasteiger partial charge is 0.311 e. The van der Waals surface area contributed by atoms with Crippen molar-refractivity contribution < 1.29 is 28.6 Å². The first-order chi connectivity index (χ1) is 13.4. The Kier molecular flexibility index (Phi) is 7.66. The predicted octanol–water partition coefficient (Wildman–Crippen LogP) is 1.90. The number of benzene rings is 1. The summed E-state index contributed by atoms with van der Waals surface area (Å²) in [5.74, 6) is -0.631. The number of anilines is 1.